The monoisotopic (exact) mass is 395 g/mol. The van der Waals surface area contributed by atoms with Gasteiger partial charge in [0.15, 0.2) is 0 Å². The van der Waals surface area contributed by atoms with Gasteiger partial charge in [-0.25, -0.2) is 9.78 Å². The van der Waals surface area contributed by atoms with E-state index in [1.807, 2.05) is 35.4 Å². The molecule has 0 bridgehead atoms. The number of carbonyl (C=O) groups excluding carboxylic acids is 1. The van der Waals surface area contributed by atoms with Crippen LogP contribution in [0, 0.1) is 0 Å². The van der Waals surface area contributed by atoms with Crippen molar-refractivity contribution >= 4 is 11.8 Å². The van der Waals surface area contributed by atoms with Crippen LogP contribution in [-0.2, 0) is 11.3 Å². The van der Waals surface area contributed by atoms with Crippen molar-refractivity contribution in [1.29, 1.82) is 0 Å². The van der Waals surface area contributed by atoms with Crippen LogP contribution >= 0.6 is 0 Å². The maximum atomic E-state index is 13.0. The van der Waals surface area contributed by atoms with Crippen molar-refractivity contribution in [2.75, 3.05) is 57.9 Å². The van der Waals surface area contributed by atoms with E-state index in [0.717, 1.165) is 57.3 Å². The Kier molecular flexibility index (Phi) is 6.27. The van der Waals surface area contributed by atoms with Gasteiger partial charge in [-0.2, -0.15) is 0 Å². The maximum absolute atomic E-state index is 13.0. The second kappa shape index (κ2) is 9.24. The quantitative estimate of drug-likeness (QED) is 0.859. The first-order valence-corrected chi connectivity index (χ1v) is 10.3. The Labute approximate surface area is 172 Å². The van der Waals surface area contributed by atoms with E-state index >= 15 is 0 Å². The molecule has 2 saturated heterocycles. The summed E-state index contributed by atoms with van der Waals surface area (Å²) >= 11 is 0. The topological polar surface area (TPSA) is 60.9 Å². The number of amides is 2. The zero-order chi connectivity index (χ0) is 20.1. The van der Waals surface area contributed by atoms with Crippen LogP contribution in [0.4, 0.5) is 10.6 Å². The number of morpholine rings is 1. The minimum absolute atomic E-state index is 0.0170. The second-order valence-electron chi connectivity index (χ2n) is 7.66. The number of hydrogen-bond acceptors (Lipinski definition) is 5. The molecule has 0 saturated carbocycles. The van der Waals surface area contributed by atoms with Gasteiger partial charge in [0.05, 0.1) is 19.3 Å². The predicted octanol–water partition coefficient (Wildman–Crippen LogP) is 2.12. The molecule has 4 rings (SSSR count). The van der Waals surface area contributed by atoms with E-state index in [1.165, 1.54) is 5.56 Å². The molecule has 7 nitrogen and oxygen atoms in total. The van der Waals surface area contributed by atoms with Crippen LogP contribution < -0.4 is 10.2 Å². The lowest BCUT2D eigenvalue weighted by molar-refractivity contribution is 0.108. The molecular formula is C22H29N5O2. The fraction of sp³-hybridized carbons (Fsp3) is 0.455. The third-order valence-corrected chi connectivity index (χ3v) is 5.62. The predicted molar refractivity (Wildman–Crippen MR) is 113 cm³/mol. The van der Waals surface area contributed by atoms with Crippen LogP contribution in [0.1, 0.15) is 17.2 Å². The number of rotatable bonds is 4. The van der Waals surface area contributed by atoms with E-state index in [9.17, 15) is 4.79 Å². The van der Waals surface area contributed by atoms with Gasteiger partial charge in [0, 0.05) is 45.5 Å². The molecule has 2 aliphatic heterocycles. The van der Waals surface area contributed by atoms with Crippen molar-refractivity contribution in [3.05, 3.63) is 59.8 Å². The Balaban J connectivity index is 1.41. The normalized spacial score (nSPS) is 20.5. The number of piperazine rings is 1. The van der Waals surface area contributed by atoms with E-state index in [-0.39, 0.29) is 12.1 Å². The van der Waals surface area contributed by atoms with Crippen molar-refractivity contribution in [1.82, 2.24) is 20.1 Å². The lowest BCUT2D eigenvalue weighted by Gasteiger charge is -2.40. The number of pyridine rings is 1. The Morgan fingerprint density at radius 3 is 2.72 bits per heavy atom. The van der Waals surface area contributed by atoms with Crippen LogP contribution in [0.5, 0.6) is 0 Å². The Hall–Kier alpha value is -2.64. The molecule has 3 heterocycles. The molecule has 1 aromatic carbocycles. The zero-order valence-electron chi connectivity index (χ0n) is 17.0. The van der Waals surface area contributed by atoms with Crippen LogP contribution in [0.15, 0.2) is 48.7 Å². The van der Waals surface area contributed by atoms with Gasteiger partial charge in [-0.3, -0.25) is 0 Å². The van der Waals surface area contributed by atoms with Gasteiger partial charge in [-0.05, 0) is 30.3 Å². The van der Waals surface area contributed by atoms with Crippen molar-refractivity contribution < 1.29 is 9.53 Å². The highest BCUT2D eigenvalue weighted by Gasteiger charge is 2.30. The number of aromatic nitrogens is 1. The van der Waals surface area contributed by atoms with Gasteiger partial charge in [-0.1, -0.05) is 30.3 Å². The summed E-state index contributed by atoms with van der Waals surface area (Å²) in [7, 11) is 2.11. The minimum atomic E-state index is -0.0170. The first-order valence-electron chi connectivity index (χ1n) is 10.3. The molecule has 1 aromatic heterocycles. The molecule has 2 aromatic rings. The molecule has 154 valence electrons. The Morgan fingerprint density at radius 1 is 1.14 bits per heavy atom. The molecule has 0 aliphatic carbocycles. The molecule has 0 radical (unpaired) electrons. The molecule has 7 heteroatoms. The zero-order valence-corrected chi connectivity index (χ0v) is 17.0. The molecule has 2 amide bonds. The first-order chi connectivity index (χ1) is 14.2. The Bertz CT molecular complexity index is 810. The van der Waals surface area contributed by atoms with Crippen molar-refractivity contribution in [2.45, 2.75) is 12.6 Å². The van der Waals surface area contributed by atoms with E-state index in [2.05, 4.69) is 45.3 Å². The van der Waals surface area contributed by atoms with E-state index < -0.39 is 0 Å². The summed E-state index contributed by atoms with van der Waals surface area (Å²) in [6.45, 7) is 6.09. The highest BCUT2D eigenvalue weighted by Crippen LogP contribution is 2.25. The van der Waals surface area contributed by atoms with Crippen LogP contribution in [-0.4, -0.2) is 73.8 Å². The standard InChI is InChI=1S/C22H29N5O2/c1-25-9-10-27(20(17-25)19-5-3-2-4-6-19)22(28)24-16-18-7-8-23-21(15-18)26-11-13-29-14-12-26/h2-8,15,20H,9-14,16-17H2,1H3,(H,24,28). The molecule has 2 aliphatic rings. The lowest BCUT2D eigenvalue weighted by atomic mass is 10.0. The van der Waals surface area contributed by atoms with Crippen LogP contribution in [0.25, 0.3) is 0 Å². The highest BCUT2D eigenvalue weighted by molar-refractivity contribution is 5.75. The SMILES string of the molecule is CN1CCN(C(=O)NCc2ccnc(N3CCOCC3)c2)C(c2ccccc2)C1. The summed E-state index contributed by atoms with van der Waals surface area (Å²) in [6.07, 6.45) is 1.81. The van der Waals surface area contributed by atoms with Crippen LogP contribution in [0.3, 0.4) is 0 Å². The first kappa shape index (κ1) is 19.7. The number of anilines is 1. The average Bonchev–Trinajstić information content (AvgIpc) is 2.79. The number of nitrogens with zero attached hydrogens (tertiary/aromatic N) is 4. The van der Waals surface area contributed by atoms with E-state index in [1.54, 1.807) is 0 Å². The van der Waals surface area contributed by atoms with Gasteiger partial charge < -0.3 is 24.8 Å². The van der Waals surface area contributed by atoms with Gasteiger partial charge >= 0.3 is 6.03 Å². The molecule has 29 heavy (non-hydrogen) atoms. The van der Waals surface area contributed by atoms with Crippen molar-refractivity contribution in [3.8, 4) is 0 Å². The second-order valence-corrected chi connectivity index (χ2v) is 7.66. The molecule has 2 fully saturated rings. The number of urea groups is 1. The number of carbonyl (C=O) groups is 1. The third kappa shape index (κ3) is 4.86. The number of ether oxygens (including phenoxy) is 1. The van der Waals surface area contributed by atoms with Gasteiger partial charge in [-0.15, -0.1) is 0 Å². The fourth-order valence-electron chi connectivity index (χ4n) is 3.94. The van der Waals surface area contributed by atoms with Crippen LogP contribution in [0.2, 0.25) is 0 Å². The molecule has 1 N–H and O–H groups in total. The van der Waals surface area contributed by atoms with Crippen molar-refractivity contribution in [2.24, 2.45) is 0 Å². The summed E-state index contributed by atoms with van der Waals surface area (Å²) < 4.78 is 5.42. The summed E-state index contributed by atoms with van der Waals surface area (Å²) in [5.41, 5.74) is 2.23. The van der Waals surface area contributed by atoms with Gasteiger partial charge in [0.1, 0.15) is 5.82 Å². The van der Waals surface area contributed by atoms with Crippen molar-refractivity contribution in [3.63, 3.8) is 0 Å². The summed E-state index contributed by atoms with van der Waals surface area (Å²) in [4.78, 5) is 23.9. The number of benzene rings is 1. The third-order valence-electron chi connectivity index (χ3n) is 5.62. The molecule has 1 atom stereocenters. The molecule has 0 spiro atoms. The molecule has 1 unspecified atom stereocenters. The Morgan fingerprint density at radius 2 is 1.93 bits per heavy atom. The highest BCUT2D eigenvalue weighted by atomic mass is 16.5. The van der Waals surface area contributed by atoms with E-state index in [0.29, 0.717) is 6.54 Å². The minimum Gasteiger partial charge on any atom is -0.378 e. The maximum Gasteiger partial charge on any atom is 0.318 e. The summed E-state index contributed by atoms with van der Waals surface area (Å²) in [6, 6.07) is 14.3. The van der Waals surface area contributed by atoms with E-state index in [4.69, 9.17) is 4.74 Å². The molecular weight excluding hydrogens is 366 g/mol. The lowest BCUT2D eigenvalue weighted by Crippen LogP contribution is -2.52. The smallest absolute Gasteiger partial charge is 0.318 e. The number of likely N-dealkylation sites (N-methyl/N-ethyl adjacent to an activating group) is 1. The summed E-state index contributed by atoms with van der Waals surface area (Å²) in [5.74, 6) is 0.946. The summed E-state index contributed by atoms with van der Waals surface area (Å²) in [5, 5.41) is 3.11. The van der Waals surface area contributed by atoms with Gasteiger partial charge in [0.2, 0.25) is 0 Å². The largest absolute Gasteiger partial charge is 0.378 e. The average molecular weight is 396 g/mol. The number of nitrogens with one attached hydrogen (secondary N) is 1. The van der Waals surface area contributed by atoms with Gasteiger partial charge in [0.25, 0.3) is 0 Å². The fourth-order valence-corrected chi connectivity index (χ4v) is 3.94. The number of hydrogen-bond donors (Lipinski definition) is 1.